The maximum atomic E-state index is 5.96. The third-order valence-corrected chi connectivity index (χ3v) is 4.21. The van der Waals surface area contributed by atoms with Crippen LogP contribution in [0.1, 0.15) is 58.6 Å². The van der Waals surface area contributed by atoms with E-state index in [1.54, 1.807) is 0 Å². The molecule has 0 N–H and O–H groups in total. The number of pyridine rings is 1. The summed E-state index contributed by atoms with van der Waals surface area (Å²) >= 11 is 0. The highest BCUT2D eigenvalue weighted by Gasteiger charge is 2.49. The summed E-state index contributed by atoms with van der Waals surface area (Å²) < 4.78 is 11.9. The Balaban J connectivity index is 2.16. The minimum atomic E-state index is -0.298. The second-order valence-corrected chi connectivity index (χ2v) is 6.64. The smallest absolute Gasteiger partial charge is 0.400 e. The van der Waals surface area contributed by atoms with Crippen molar-refractivity contribution in [1.29, 1.82) is 0 Å². The standard InChI is InChI=1S/C16H24BNO2/c1-12(2)14-11-18-10-8-13(14)7-9-17-19-15(3,4)16(5,6)20-17/h7-12H,1-6H3/b9-7+. The van der Waals surface area contributed by atoms with Gasteiger partial charge in [-0.3, -0.25) is 4.98 Å². The van der Waals surface area contributed by atoms with E-state index < -0.39 is 0 Å². The van der Waals surface area contributed by atoms with Gasteiger partial charge < -0.3 is 9.31 Å². The van der Waals surface area contributed by atoms with E-state index in [4.69, 9.17) is 9.31 Å². The number of rotatable bonds is 3. The van der Waals surface area contributed by atoms with Crippen molar-refractivity contribution in [3.63, 3.8) is 0 Å². The van der Waals surface area contributed by atoms with Crippen LogP contribution in [-0.4, -0.2) is 23.3 Å². The van der Waals surface area contributed by atoms with Crippen molar-refractivity contribution in [3.05, 3.63) is 35.6 Å². The van der Waals surface area contributed by atoms with E-state index in [9.17, 15) is 0 Å². The van der Waals surface area contributed by atoms with Crippen LogP contribution >= 0.6 is 0 Å². The molecule has 20 heavy (non-hydrogen) atoms. The van der Waals surface area contributed by atoms with Crippen LogP contribution in [0.25, 0.3) is 6.08 Å². The van der Waals surface area contributed by atoms with Crippen LogP contribution in [0.5, 0.6) is 0 Å². The summed E-state index contributed by atoms with van der Waals surface area (Å²) in [6.07, 6.45) is 5.81. The van der Waals surface area contributed by atoms with E-state index in [2.05, 4.69) is 52.6 Å². The third kappa shape index (κ3) is 2.96. The Bertz CT molecular complexity index is 493. The van der Waals surface area contributed by atoms with E-state index >= 15 is 0 Å². The van der Waals surface area contributed by atoms with Crippen LogP contribution in [0.4, 0.5) is 0 Å². The maximum Gasteiger partial charge on any atom is 0.487 e. The van der Waals surface area contributed by atoms with Gasteiger partial charge >= 0.3 is 7.12 Å². The molecule has 2 rings (SSSR count). The van der Waals surface area contributed by atoms with Crippen LogP contribution in [-0.2, 0) is 9.31 Å². The van der Waals surface area contributed by atoms with Crippen molar-refractivity contribution in [3.8, 4) is 0 Å². The van der Waals surface area contributed by atoms with E-state index in [0.29, 0.717) is 5.92 Å². The van der Waals surface area contributed by atoms with Crippen molar-refractivity contribution >= 4 is 13.2 Å². The first-order chi connectivity index (χ1) is 9.23. The molecule has 4 heteroatoms. The number of hydrogen-bond acceptors (Lipinski definition) is 3. The van der Waals surface area contributed by atoms with Crippen molar-refractivity contribution in [1.82, 2.24) is 4.98 Å². The lowest BCUT2D eigenvalue weighted by atomic mass is 9.88. The maximum absolute atomic E-state index is 5.96. The van der Waals surface area contributed by atoms with Crippen LogP contribution in [0, 0.1) is 0 Å². The largest absolute Gasteiger partial charge is 0.487 e. The Labute approximate surface area is 122 Å². The molecule has 0 radical (unpaired) electrons. The fourth-order valence-electron chi connectivity index (χ4n) is 2.20. The fourth-order valence-corrected chi connectivity index (χ4v) is 2.20. The van der Waals surface area contributed by atoms with Gasteiger partial charge in [0, 0.05) is 12.4 Å². The Morgan fingerprint density at radius 2 is 1.75 bits per heavy atom. The van der Waals surface area contributed by atoms with Gasteiger partial charge in [-0.15, -0.1) is 0 Å². The molecule has 0 aromatic carbocycles. The van der Waals surface area contributed by atoms with Gasteiger partial charge in [-0.25, -0.2) is 0 Å². The SMILES string of the molecule is CC(C)c1cnccc1/C=C/B1OC(C)(C)C(C)(C)O1. The molecular formula is C16H24BNO2. The summed E-state index contributed by atoms with van der Waals surface area (Å²) in [6, 6.07) is 2.02. The van der Waals surface area contributed by atoms with Gasteiger partial charge in [-0.1, -0.05) is 25.9 Å². The van der Waals surface area contributed by atoms with Gasteiger partial charge in [0.1, 0.15) is 0 Å². The molecule has 0 saturated carbocycles. The third-order valence-electron chi connectivity index (χ3n) is 4.21. The predicted octanol–water partition coefficient (Wildman–Crippen LogP) is 3.85. The van der Waals surface area contributed by atoms with Crippen LogP contribution < -0.4 is 0 Å². The highest BCUT2D eigenvalue weighted by Crippen LogP contribution is 2.37. The second kappa shape index (κ2) is 5.34. The normalized spacial score (nSPS) is 21.1. The zero-order chi connectivity index (χ0) is 15.0. The summed E-state index contributed by atoms with van der Waals surface area (Å²) in [4.78, 5) is 4.20. The first-order valence-corrected chi connectivity index (χ1v) is 7.21. The highest BCUT2D eigenvalue weighted by molar-refractivity contribution is 6.52. The molecule has 3 nitrogen and oxygen atoms in total. The minimum absolute atomic E-state index is 0.291. The van der Waals surface area contributed by atoms with E-state index in [0.717, 1.165) is 0 Å². The Kier molecular flexibility index (Phi) is 4.08. The lowest BCUT2D eigenvalue weighted by molar-refractivity contribution is 0.00578. The average Bonchev–Trinajstić information content (AvgIpc) is 2.55. The van der Waals surface area contributed by atoms with Crippen LogP contribution in [0.3, 0.4) is 0 Å². The molecular weight excluding hydrogens is 249 g/mol. The fraction of sp³-hybridized carbons (Fsp3) is 0.562. The Morgan fingerprint density at radius 1 is 1.15 bits per heavy atom. The molecule has 1 aromatic rings. The Morgan fingerprint density at radius 3 is 2.30 bits per heavy atom. The van der Waals surface area contributed by atoms with E-state index in [1.807, 2.05) is 24.4 Å². The summed E-state index contributed by atoms with van der Waals surface area (Å²) in [6.45, 7) is 12.6. The lowest BCUT2D eigenvalue weighted by Gasteiger charge is -2.32. The molecule has 0 aliphatic carbocycles. The van der Waals surface area contributed by atoms with Gasteiger partial charge in [0.2, 0.25) is 0 Å². The first kappa shape index (κ1) is 15.3. The molecule has 0 atom stereocenters. The highest BCUT2D eigenvalue weighted by atomic mass is 16.7. The van der Waals surface area contributed by atoms with Gasteiger partial charge in [0.15, 0.2) is 0 Å². The predicted molar refractivity (Wildman–Crippen MR) is 83.4 cm³/mol. The van der Waals surface area contributed by atoms with Crippen molar-refractivity contribution in [2.24, 2.45) is 0 Å². The van der Waals surface area contributed by atoms with Crippen molar-refractivity contribution in [2.45, 2.75) is 58.7 Å². The number of nitrogens with zero attached hydrogens (tertiary/aromatic N) is 1. The summed E-state index contributed by atoms with van der Waals surface area (Å²) in [7, 11) is -0.298. The molecule has 1 saturated heterocycles. The topological polar surface area (TPSA) is 31.4 Å². The summed E-state index contributed by atoms with van der Waals surface area (Å²) in [5.41, 5.74) is 1.83. The van der Waals surface area contributed by atoms with Gasteiger partial charge in [0.05, 0.1) is 11.2 Å². The van der Waals surface area contributed by atoms with Crippen LogP contribution in [0.2, 0.25) is 0 Å². The van der Waals surface area contributed by atoms with Crippen molar-refractivity contribution in [2.75, 3.05) is 0 Å². The monoisotopic (exact) mass is 273 g/mol. The summed E-state index contributed by atoms with van der Waals surface area (Å²) in [5, 5.41) is 0. The van der Waals surface area contributed by atoms with E-state index in [1.165, 1.54) is 11.1 Å². The lowest BCUT2D eigenvalue weighted by Crippen LogP contribution is -2.41. The van der Waals surface area contributed by atoms with Crippen molar-refractivity contribution < 1.29 is 9.31 Å². The molecule has 0 spiro atoms. The molecule has 108 valence electrons. The molecule has 1 aliphatic heterocycles. The zero-order valence-corrected chi connectivity index (χ0v) is 13.3. The van der Waals surface area contributed by atoms with Gasteiger partial charge in [0.25, 0.3) is 0 Å². The van der Waals surface area contributed by atoms with Gasteiger partial charge in [-0.05, 0) is 50.8 Å². The van der Waals surface area contributed by atoms with Gasteiger partial charge in [-0.2, -0.15) is 0 Å². The quantitative estimate of drug-likeness (QED) is 0.784. The zero-order valence-electron chi connectivity index (χ0n) is 13.3. The molecule has 0 unspecified atom stereocenters. The van der Waals surface area contributed by atoms with Crippen LogP contribution in [0.15, 0.2) is 24.4 Å². The molecule has 2 heterocycles. The average molecular weight is 273 g/mol. The molecule has 1 aliphatic rings. The summed E-state index contributed by atoms with van der Waals surface area (Å²) in [5.74, 6) is 2.43. The Hall–Kier alpha value is -1.13. The number of aromatic nitrogens is 1. The molecule has 1 aromatic heterocycles. The minimum Gasteiger partial charge on any atom is -0.400 e. The second-order valence-electron chi connectivity index (χ2n) is 6.64. The molecule has 0 bridgehead atoms. The number of hydrogen-bond donors (Lipinski definition) is 0. The first-order valence-electron chi connectivity index (χ1n) is 7.21. The molecule has 1 fully saturated rings. The van der Waals surface area contributed by atoms with E-state index in [-0.39, 0.29) is 18.3 Å². The molecule has 0 amide bonds.